The average Bonchev–Trinajstić information content (AvgIpc) is 2.30. The zero-order chi connectivity index (χ0) is 12.0. The molecule has 0 aromatic carbocycles. The van der Waals surface area contributed by atoms with E-state index in [2.05, 4.69) is 50.4 Å². The fourth-order valence-electron chi connectivity index (χ4n) is 1.40. The largest absolute Gasteiger partial charge is 0.366 e. The quantitative estimate of drug-likeness (QED) is 0.843. The molecule has 0 aliphatic carbocycles. The van der Waals surface area contributed by atoms with Gasteiger partial charge in [-0.1, -0.05) is 13.8 Å². The van der Waals surface area contributed by atoms with E-state index in [1.54, 1.807) is 6.20 Å². The highest BCUT2D eigenvalue weighted by atomic mass is 79.9. The molecule has 0 spiro atoms. The van der Waals surface area contributed by atoms with Gasteiger partial charge >= 0.3 is 0 Å². The van der Waals surface area contributed by atoms with Gasteiger partial charge in [0.25, 0.3) is 0 Å². The molecule has 4 nitrogen and oxygen atoms in total. The van der Waals surface area contributed by atoms with Crippen LogP contribution in [-0.4, -0.2) is 22.6 Å². The van der Waals surface area contributed by atoms with E-state index < -0.39 is 0 Å². The summed E-state index contributed by atoms with van der Waals surface area (Å²) in [6.07, 6.45) is 3.95. The van der Waals surface area contributed by atoms with Crippen molar-refractivity contribution in [2.75, 3.05) is 17.2 Å². The minimum Gasteiger partial charge on any atom is -0.366 e. The maximum absolute atomic E-state index is 4.42. The molecule has 90 valence electrons. The minimum atomic E-state index is 0.459. The maximum Gasteiger partial charge on any atom is 0.224 e. The molecule has 0 aliphatic rings. The highest BCUT2D eigenvalue weighted by molar-refractivity contribution is 9.10. The van der Waals surface area contributed by atoms with E-state index in [1.165, 1.54) is 0 Å². The number of anilines is 2. The topological polar surface area (TPSA) is 49.8 Å². The molecule has 1 heterocycles. The Hall–Kier alpha value is -0.840. The van der Waals surface area contributed by atoms with E-state index in [4.69, 9.17) is 0 Å². The summed E-state index contributed by atoms with van der Waals surface area (Å²) in [6, 6.07) is 0.459. The number of nitrogens with zero attached hydrogens (tertiary/aromatic N) is 2. The van der Waals surface area contributed by atoms with Gasteiger partial charge in [0, 0.05) is 18.8 Å². The van der Waals surface area contributed by atoms with Crippen LogP contribution in [-0.2, 0) is 0 Å². The maximum atomic E-state index is 4.42. The lowest BCUT2D eigenvalue weighted by Gasteiger charge is -2.16. The Labute approximate surface area is 105 Å². The first-order valence-corrected chi connectivity index (χ1v) is 6.53. The van der Waals surface area contributed by atoms with E-state index in [0.29, 0.717) is 12.0 Å². The van der Waals surface area contributed by atoms with Crippen molar-refractivity contribution in [3.63, 3.8) is 0 Å². The Kier molecular flexibility index (Phi) is 5.52. The summed E-state index contributed by atoms with van der Waals surface area (Å²) in [4.78, 5) is 8.60. The third-order valence-corrected chi connectivity index (χ3v) is 2.99. The normalized spacial score (nSPS) is 10.6. The summed E-state index contributed by atoms with van der Waals surface area (Å²) in [5, 5.41) is 6.51. The summed E-state index contributed by atoms with van der Waals surface area (Å²) in [5.41, 5.74) is 0. The highest BCUT2D eigenvalue weighted by Crippen LogP contribution is 2.21. The van der Waals surface area contributed by atoms with Crippen LogP contribution in [0.15, 0.2) is 10.7 Å². The first-order chi connectivity index (χ1) is 7.71. The first kappa shape index (κ1) is 13.2. The van der Waals surface area contributed by atoms with Crippen LogP contribution in [0.1, 0.15) is 33.6 Å². The molecule has 0 saturated heterocycles. The lowest BCUT2D eigenvalue weighted by atomic mass is 10.2. The molecule has 1 rings (SSSR count). The smallest absolute Gasteiger partial charge is 0.224 e. The van der Waals surface area contributed by atoms with Crippen molar-refractivity contribution in [3.05, 3.63) is 10.7 Å². The van der Waals surface area contributed by atoms with Gasteiger partial charge in [-0.3, -0.25) is 0 Å². The van der Waals surface area contributed by atoms with Gasteiger partial charge in [-0.25, -0.2) is 4.98 Å². The predicted molar refractivity (Wildman–Crippen MR) is 71.9 cm³/mol. The molecule has 0 fully saturated rings. The zero-order valence-corrected chi connectivity index (χ0v) is 11.6. The number of rotatable bonds is 6. The Morgan fingerprint density at radius 3 is 2.56 bits per heavy atom. The Bertz CT molecular complexity index is 326. The van der Waals surface area contributed by atoms with Gasteiger partial charge in [0.2, 0.25) is 5.95 Å². The fourth-order valence-corrected chi connectivity index (χ4v) is 1.70. The Morgan fingerprint density at radius 2 is 2.00 bits per heavy atom. The van der Waals surface area contributed by atoms with Crippen molar-refractivity contribution in [1.29, 1.82) is 0 Å². The van der Waals surface area contributed by atoms with E-state index >= 15 is 0 Å². The molecule has 0 amide bonds. The van der Waals surface area contributed by atoms with Crippen LogP contribution in [0, 0.1) is 0 Å². The van der Waals surface area contributed by atoms with Gasteiger partial charge in [-0.15, -0.1) is 0 Å². The molecule has 0 unspecified atom stereocenters. The Morgan fingerprint density at radius 1 is 1.31 bits per heavy atom. The fraction of sp³-hybridized carbons (Fsp3) is 0.636. The van der Waals surface area contributed by atoms with E-state index in [-0.39, 0.29) is 0 Å². The van der Waals surface area contributed by atoms with Gasteiger partial charge in [-0.05, 0) is 35.7 Å². The third-order valence-electron chi connectivity index (χ3n) is 2.41. The van der Waals surface area contributed by atoms with Gasteiger partial charge < -0.3 is 10.6 Å². The summed E-state index contributed by atoms with van der Waals surface area (Å²) in [6.45, 7) is 7.19. The average molecular weight is 287 g/mol. The van der Waals surface area contributed by atoms with E-state index in [1.807, 2.05) is 6.92 Å². The van der Waals surface area contributed by atoms with E-state index in [9.17, 15) is 0 Å². The first-order valence-electron chi connectivity index (χ1n) is 5.74. The second-order valence-electron chi connectivity index (χ2n) is 3.58. The summed E-state index contributed by atoms with van der Waals surface area (Å²) in [7, 11) is 0. The van der Waals surface area contributed by atoms with E-state index in [0.717, 1.165) is 29.7 Å². The monoisotopic (exact) mass is 286 g/mol. The highest BCUT2D eigenvalue weighted by Gasteiger charge is 2.08. The standard InChI is InChI=1S/C11H19BrN4/c1-4-8(5-2)15-10-9(12)7-14-11(16-10)13-6-3/h7-8H,4-6H2,1-3H3,(H2,13,14,15,16). The van der Waals surface area contributed by atoms with Crippen molar-refractivity contribution in [3.8, 4) is 0 Å². The third kappa shape index (κ3) is 3.63. The van der Waals surface area contributed by atoms with Crippen LogP contribution in [0.4, 0.5) is 11.8 Å². The zero-order valence-electron chi connectivity index (χ0n) is 10.0. The minimum absolute atomic E-state index is 0.459. The lowest BCUT2D eigenvalue weighted by Crippen LogP contribution is -2.18. The number of hydrogen-bond donors (Lipinski definition) is 2. The second-order valence-corrected chi connectivity index (χ2v) is 4.43. The summed E-state index contributed by atoms with van der Waals surface area (Å²) >= 11 is 3.45. The molecule has 0 radical (unpaired) electrons. The molecule has 1 aromatic rings. The Balaban J connectivity index is 2.80. The van der Waals surface area contributed by atoms with Gasteiger partial charge in [0.1, 0.15) is 5.82 Å². The number of aromatic nitrogens is 2. The van der Waals surface area contributed by atoms with Gasteiger partial charge in [0.05, 0.1) is 4.47 Å². The van der Waals surface area contributed by atoms with Gasteiger partial charge in [0.15, 0.2) is 0 Å². The molecule has 0 bridgehead atoms. The molecule has 0 aliphatic heterocycles. The molecule has 0 atom stereocenters. The molecular weight excluding hydrogens is 268 g/mol. The lowest BCUT2D eigenvalue weighted by molar-refractivity contribution is 0.667. The van der Waals surface area contributed by atoms with Crippen molar-refractivity contribution in [2.24, 2.45) is 0 Å². The van der Waals surface area contributed by atoms with Crippen LogP contribution in [0.5, 0.6) is 0 Å². The molecule has 0 saturated carbocycles. The van der Waals surface area contributed by atoms with Crippen LogP contribution in [0.3, 0.4) is 0 Å². The summed E-state index contributed by atoms with van der Waals surface area (Å²) < 4.78 is 0.904. The number of halogens is 1. The molecule has 1 aromatic heterocycles. The SMILES string of the molecule is CCNc1ncc(Br)c(NC(CC)CC)n1. The molecule has 5 heteroatoms. The van der Waals surface area contributed by atoms with Gasteiger partial charge in [-0.2, -0.15) is 4.98 Å². The molecule has 2 N–H and O–H groups in total. The van der Waals surface area contributed by atoms with Crippen LogP contribution in [0.25, 0.3) is 0 Å². The number of hydrogen-bond acceptors (Lipinski definition) is 4. The molecular formula is C11H19BrN4. The van der Waals surface area contributed by atoms with Crippen LogP contribution < -0.4 is 10.6 Å². The predicted octanol–water partition coefficient (Wildman–Crippen LogP) is 3.27. The summed E-state index contributed by atoms with van der Waals surface area (Å²) in [5.74, 6) is 1.53. The van der Waals surface area contributed by atoms with Crippen molar-refractivity contribution in [1.82, 2.24) is 9.97 Å². The van der Waals surface area contributed by atoms with Crippen molar-refractivity contribution < 1.29 is 0 Å². The van der Waals surface area contributed by atoms with Crippen LogP contribution >= 0.6 is 15.9 Å². The van der Waals surface area contributed by atoms with Crippen molar-refractivity contribution in [2.45, 2.75) is 39.7 Å². The van der Waals surface area contributed by atoms with Crippen molar-refractivity contribution >= 4 is 27.7 Å². The molecule has 16 heavy (non-hydrogen) atoms. The van der Waals surface area contributed by atoms with Crippen LogP contribution in [0.2, 0.25) is 0 Å². The number of nitrogens with one attached hydrogen (secondary N) is 2. The second kappa shape index (κ2) is 6.68.